The van der Waals surface area contributed by atoms with Crippen molar-refractivity contribution < 1.29 is 8.42 Å². The van der Waals surface area contributed by atoms with E-state index in [1.165, 1.54) is 0 Å². The molecule has 1 heterocycles. The lowest BCUT2D eigenvalue weighted by Crippen LogP contribution is -2.39. The summed E-state index contributed by atoms with van der Waals surface area (Å²) in [4.78, 5) is 13.8. The summed E-state index contributed by atoms with van der Waals surface area (Å²) in [7, 11) is -3.60. The van der Waals surface area contributed by atoms with Gasteiger partial charge < -0.3 is 16.4 Å². The molecule has 1 atom stereocenters. The van der Waals surface area contributed by atoms with Crippen LogP contribution in [0, 0.1) is 12.8 Å². The summed E-state index contributed by atoms with van der Waals surface area (Å²) in [6.07, 6.45) is 3.05. The second-order valence-corrected chi connectivity index (χ2v) is 12.1. The molecule has 1 aliphatic rings. The van der Waals surface area contributed by atoms with Crippen molar-refractivity contribution in [1.29, 1.82) is 0 Å². The summed E-state index contributed by atoms with van der Waals surface area (Å²) in [6, 6.07) is 5.17. The zero-order valence-corrected chi connectivity index (χ0v) is 22.7. The minimum Gasteiger partial charge on any atom is -0.354 e. The van der Waals surface area contributed by atoms with Crippen LogP contribution in [0.4, 0.5) is 11.9 Å². The van der Waals surface area contributed by atoms with E-state index in [2.05, 4.69) is 51.1 Å². The smallest absolute Gasteiger partial charge is 0.241 e. The maximum atomic E-state index is 13.1. The molecule has 0 amide bonds. The molecule has 0 saturated heterocycles. The van der Waals surface area contributed by atoms with E-state index in [0.717, 1.165) is 36.8 Å². The Bertz CT molecular complexity index is 1080. The molecule has 1 fully saturated rings. The lowest BCUT2D eigenvalue weighted by molar-refractivity contribution is 0.269. The minimum atomic E-state index is -3.60. The molecular formula is C25H41N7O2S. The van der Waals surface area contributed by atoms with Crippen LogP contribution in [-0.2, 0) is 15.4 Å². The minimum absolute atomic E-state index is 0.0309. The lowest BCUT2D eigenvalue weighted by Gasteiger charge is -2.32. The van der Waals surface area contributed by atoms with Gasteiger partial charge in [0.25, 0.3) is 0 Å². The first-order chi connectivity index (χ1) is 16.4. The third-order valence-electron chi connectivity index (χ3n) is 6.55. The van der Waals surface area contributed by atoms with Gasteiger partial charge in [-0.3, -0.25) is 0 Å². The van der Waals surface area contributed by atoms with Gasteiger partial charge in [-0.05, 0) is 75.0 Å². The van der Waals surface area contributed by atoms with Crippen molar-refractivity contribution >= 4 is 21.9 Å². The predicted molar refractivity (Wildman–Crippen MR) is 141 cm³/mol. The normalized spacial score (nSPS) is 19.9. The highest BCUT2D eigenvalue weighted by Crippen LogP contribution is 2.33. The highest BCUT2D eigenvalue weighted by atomic mass is 32.2. The van der Waals surface area contributed by atoms with Gasteiger partial charge in [0.1, 0.15) is 0 Å². The van der Waals surface area contributed by atoms with E-state index in [1.807, 2.05) is 32.9 Å². The quantitative estimate of drug-likeness (QED) is 0.405. The van der Waals surface area contributed by atoms with E-state index in [-0.39, 0.29) is 23.4 Å². The Morgan fingerprint density at radius 1 is 1.00 bits per heavy atom. The molecule has 0 aliphatic heterocycles. The summed E-state index contributed by atoms with van der Waals surface area (Å²) in [6.45, 7) is 13.6. The Morgan fingerprint density at radius 2 is 1.57 bits per heavy atom. The van der Waals surface area contributed by atoms with Crippen LogP contribution in [0.1, 0.15) is 83.3 Å². The summed E-state index contributed by atoms with van der Waals surface area (Å²) in [5, 5.41) is 6.27. The van der Waals surface area contributed by atoms with E-state index in [4.69, 9.17) is 5.73 Å². The van der Waals surface area contributed by atoms with Gasteiger partial charge in [-0.15, -0.1) is 0 Å². The zero-order chi connectivity index (χ0) is 25.8. The van der Waals surface area contributed by atoms with E-state index < -0.39 is 10.0 Å². The van der Waals surface area contributed by atoms with Crippen molar-refractivity contribution in [2.24, 2.45) is 11.7 Å². The van der Waals surface area contributed by atoms with Crippen molar-refractivity contribution in [2.45, 2.75) is 89.6 Å². The Balaban J connectivity index is 1.66. The first-order valence-corrected chi connectivity index (χ1v) is 14.1. The second-order valence-electron chi connectivity index (χ2n) is 10.4. The monoisotopic (exact) mass is 503 g/mol. The molecule has 1 unspecified atom stereocenters. The van der Waals surface area contributed by atoms with Crippen LogP contribution in [0.25, 0.3) is 0 Å². The number of nitrogens with two attached hydrogens (primary N) is 1. The molecule has 3 rings (SSSR count). The molecule has 0 spiro atoms. The fourth-order valence-electron chi connectivity index (χ4n) is 4.52. The third-order valence-corrected chi connectivity index (χ3v) is 8.23. The van der Waals surface area contributed by atoms with E-state index >= 15 is 0 Å². The Kier molecular flexibility index (Phi) is 8.72. The number of sulfonamides is 1. The largest absolute Gasteiger partial charge is 0.354 e. The van der Waals surface area contributed by atoms with Crippen LogP contribution >= 0.6 is 0 Å². The van der Waals surface area contributed by atoms with Crippen LogP contribution in [0.15, 0.2) is 23.1 Å². The molecule has 9 nitrogen and oxygen atoms in total. The highest BCUT2D eigenvalue weighted by Gasteiger charge is 2.31. The number of anilines is 2. The average Bonchev–Trinajstić information content (AvgIpc) is 2.78. The number of aryl methyl sites for hydroxylation is 1. The Hall–Kier alpha value is -2.30. The average molecular weight is 504 g/mol. The van der Waals surface area contributed by atoms with Gasteiger partial charge in [-0.2, -0.15) is 15.0 Å². The van der Waals surface area contributed by atoms with Crippen LogP contribution in [0.5, 0.6) is 0 Å². The number of rotatable bonds is 9. The van der Waals surface area contributed by atoms with Crippen molar-refractivity contribution in [3.8, 4) is 0 Å². The van der Waals surface area contributed by atoms with Crippen LogP contribution in [-0.4, -0.2) is 42.5 Å². The van der Waals surface area contributed by atoms with Gasteiger partial charge in [-0.25, -0.2) is 13.1 Å². The van der Waals surface area contributed by atoms with Crippen molar-refractivity contribution in [3.63, 3.8) is 0 Å². The van der Waals surface area contributed by atoms with Crippen molar-refractivity contribution in [2.75, 3.05) is 23.7 Å². The fourth-order valence-corrected chi connectivity index (χ4v) is 6.05. The van der Waals surface area contributed by atoms with Gasteiger partial charge >= 0.3 is 0 Å². The maximum Gasteiger partial charge on any atom is 0.241 e. The Labute approximate surface area is 210 Å². The van der Waals surface area contributed by atoms with Gasteiger partial charge in [-0.1, -0.05) is 32.9 Å². The number of nitrogens with one attached hydrogen (secondary N) is 3. The van der Waals surface area contributed by atoms with Crippen LogP contribution in [0.2, 0.25) is 0 Å². The lowest BCUT2D eigenvalue weighted by atomic mass is 9.82. The molecule has 10 heteroatoms. The van der Waals surface area contributed by atoms with Gasteiger partial charge in [0.05, 0.1) is 10.9 Å². The number of benzene rings is 1. The number of aromatic nitrogens is 3. The second kappa shape index (κ2) is 11.2. The highest BCUT2D eigenvalue weighted by molar-refractivity contribution is 7.89. The standard InChI is InChI=1S/C25H41N7O2S/c1-7-27-23-29-22(30-24(31-23)28-8-2)21(26)17-9-12-19(13-10-17)32-35(33,34)20-14-11-18(15-16(20)3)25(4,5)6/h11,14-15,17,19,21,32H,7-10,12-13,26H2,1-6H3,(H2,27,28,29,30,31). The number of hydrogen-bond acceptors (Lipinski definition) is 8. The molecular weight excluding hydrogens is 462 g/mol. The zero-order valence-electron chi connectivity index (χ0n) is 21.9. The van der Waals surface area contributed by atoms with E-state index in [0.29, 0.717) is 35.7 Å². The molecule has 1 aliphatic carbocycles. The summed E-state index contributed by atoms with van der Waals surface area (Å²) in [5.41, 5.74) is 8.44. The van der Waals surface area contributed by atoms with Gasteiger partial charge in [0, 0.05) is 19.1 Å². The molecule has 2 aromatic rings. The molecule has 1 aromatic heterocycles. The number of hydrogen-bond donors (Lipinski definition) is 4. The Morgan fingerprint density at radius 3 is 2.06 bits per heavy atom. The van der Waals surface area contributed by atoms with Crippen molar-refractivity contribution in [1.82, 2.24) is 19.7 Å². The molecule has 35 heavy (non-hydrogen) atoms. The first-order valence-electron chi connectivity index (χ1n) is 12.6. The summed E-state index contributed by atoms with van der Waals surface area (Å²) < 4.78 is 29.2. The number of nitrogens with zero attached hydrogens (tertiary/aromatic N) is 3. The molecule has 0 bridgehead atoms. The molecule has 0 radical (unpaired) electrons. The molecule has 5 N–H and O–H groups in total. The summed E-state index contributed by atoms with van der Waals surface area (Å²) in [5.74, 6) is 1.76. The van der Waals surface area contributed by atoms with Crippen LogP contribution < -0.4 is 21.1 Å². The maximum absolute atomic E-state index is 13.1. The van der Waals surface area contributed by atoms with E-state index in [9.17, 15) is 8.42 Å². The first kappa shape index (κ1) is 27.3. The van der Waals surface area contributed by atoms with Crippen LogP contribution in [0.3, 0.4) is 0 Å². The molecule has 194 valence electrons. The SMILES string of the molecule is CCNc1nc(NCC)nc(C(N)C2CCC(NS(=O)(=O)c3ccc(C(C)(C)C)cc3C)CC2)n1. The summed E-state index contributed by atoms with van der Waals surface area (Å²) >= 11 is 0. The van der Waals surface area contributed by atoms with Gasteiger partial charge in [0.15, 0.2) is 5.82 Å². The fraction of sp³-hybridized carbons (Fsp3) is 0.640. The predicted octanol–water partition coefficient (Wildman–Crippen LogP) is 3.88. The van der Waals surface area contributed by atoms with Gasteiger partial charge in [0.2, 0.25) is 21.9 Å². The third kappa shape index (κ3) is 6.89. The van der Waals surface area contributed by atoms with Crippen molar-refractivity contribution in [3.05, 3.63) is 35.2 Å². The molecule has 1 saturated carbocycles. The molecule has 1 aromatic carbocycles. The van der Waals surface area contributed by atoms with E-state index in [1.54, 1.807) is 6.07 Å². The topological polar surface area (TPSA) is 135 Å².